The first-order valence-corrected chi connectivity index (χ1v) is 7.79. The zero-order valence-electron chi connectivity index (χ0n) is 12.5. The Morgan fingerprint density at radius 2 is 2.20 bits per heavy atom. The third-order valence-corrected chi connectivity index (χ3v) is 4.18. The highest BCUT2D eigenvalue weighted by atomic mass is 16.5. The van der Waals surface area contributed by atoms with Crippen molar-refractivity contribution in [2.24, 2.45) is 0 Å². The predicted molar refractivity (Wildman–Crippen MR) is 79.0 cm³/mol. The fourth-order valence-corrected chi connectivity index (χ4v) is 3.06. The Labute approximate surface area is 120 Å². The van der Waals surface area contributed by atoms with Crippen LogP contribution >= 0.6 is 0 Å². The van der Waals surface area contributed by atoms with Crippen LogP contribution in [0.15, 0.2) is 0 Å². The highest BCUT2D eigenvalue weighted by Gasteiger charge is 2.26. The quantitative estimate of drug-likeness (QED) is 0.908. The molecule has 1 atom stereocenters. The molecule has 1 aliphatic heterocycles. The van der Waals surface area contributed by atoms with Crippen molar-refractivity contribution >= 4 is 5.82 Å². The number of fused-ring (bicyclic) bond motifs is 1. The van der Waals surface area contributed by atoms with Crippen LogP contribution in [0, 0.1) is 0 Å². The topological polar surface area (TPSA) is 50.3 Å². The normalized spacial score (nSPS) is 22.8. The van der Waals surface area contributed by atoms with E-state index in [0.29, 0.717) is 0 Å². The van der Waals surface area contributed by atoms with E-state index in [-0.39, 0.29) is 6.10 Å². The maximum Gasteiger partial charge on any atom is 0.161 e. The van der Waals surface area contributed by atoms with E-state index in [0.717, 1.165) is 57.3 Å². The number of morpholine rings is 1. The van der Waals surface area contributed by atoms with E-state index in [2.05, 4.69) is 24.1 Å². The van der Waals surface area contributed by atoms with E-state index in [9.17, 15) is 0 Å². The summed E-state index contributed by atoms with van der Waals surface area (Å²) in [6.07, 6.45) is 3.39. The molecule has 2 heterocycles. The average Bonchev–Trinajstić information content (AvgIpc) is 2.96. The van der Waals surface area contributed by atoms with E-state index in [1.165, 1.54) is 17.7 Å². The van der Waals surface area contributed by atoms with Gasteiger partial charge in [-0.05, 0) is 32.7 Å². The largest absolute Gasteiger partial charge is 0.370 e. The number of rotatable bonds is 4. The third-order valence-electron chi connectivity index (χ3n) is 4.18. The minimum Gasteiger partial charge on any atom is -0.370 e. The Bertz CT molecular complexity index is 477. The lowest BCUT2D eigenvalue weighted by Crippen LogP contribution is -2.38. The highest BCUT2D eigenvalue weighted by Crippen LogP contribution is 2.29. The summed E-state index contributed by atoms with van der Waals surface area (Å²) in [5.41, 5.74) is 2.54. The van der Waals surface area contributed by atoms with Gasteiger partial charge in [0.2, 0.25) is 0 Å². The van der Waals surface area contributed by atoms with Gasteiger partial charge in [0, 0.05) is 30.9 Å². The molecule has 5 nitrogen and oxygen atoms in total. The molecule has 110 valence electrons. The summed E-state index contributed by atoms with van der Waals surface area (Å²) in [6.45, 7) is 8.95. The van der Waals surface area contributed by atoms with Crippen LogP contribution in [0.5, 0.6) is 0 Å². The minimum absolute atomic E-state index is 0.0204. The number of aromatic nitrogens is 2. The van der Waals surface area contributed by atoms with Crippen LogP contribution in [0.4, 0.5) is 5.82 Å². The van der Waals surface area contributed by atoms with E-state index in [1.54, 1.807) is 0 Å². The van der Waals surface area contributed by atoms with Gasteiger partial charge in [-0.3, -0.25) is 4.90 Å². The van der Waals surface area contributed by atoms with E-state index in [1.807, 2.05) is 0 Å². The maximum atomic E-state index is 5.89. The smallest absolute Gasteiger partial charge is 0.161 e. The Kier molecular flexibility index (Phi) is 4.17. The van der Waals surface area contributed by atoms with Crippen LogP contribution < -0.4 is 5.32 Å². The van der Waals surface area contributed by atoms with Gasteiger partial charge in [0.15, 0.2) is 5.82 Å². The first-order valence-electron chi connectivity index (χ1n) is 7.79. The van der Waals surface area contributed by atoms with Crippen LogP contribution in [0.2, 0.25) is 0 Å². The molecule has 1 fully saturated rings. The van der Waals surface area contributed by atoms with Crippen molar-refractivity contribution in [1.29, 1.82) is 0 Å². The van der Waals surface area contributed by atoms with Crippen LogP contribution in [0.25, 0.3) is 0 Å². The molecule has 0 saturated carbocycles. The second-order valence-electron chi connectivity index (χ2n) is 5.49. The zero-order chi connectivity index (χ0) is 13.9. The molecule has 0 spiro atoms. The molecule has 0 aromatic carbocycles. The monoisotopic (exact) mass is 276 g/mol. The minimum atomic E-state index is 0.0204. The number of ether oxygens (including phenoxy) is 1. The summed E-state index contributed by atoms with van der Waals surface area (Å²) in [6, 6.07) is 0. The maximum absolute atomic E-state index is 5.89. The molecule has 0 amide bonds. The number of likely N-dealkylation sites (N-methyl/N-ethyl adjacent to an activating group) is 1. The molecule has 1 N–H and O–H groups in total. The fraction of sp³-hybridized carbons (Fsp3) is 0.733. The summed E-state index contributed by atoms with van der Waals surface area (Å²) in [4.78, 5) is 11.9. The van der Waals surface area contributed by atoms with Gasteiger partial charge in [-0.1, -0.05) is 6.92 Å². The Hall–Kier alpha value is -1.20. The van der Waals surface area contributed by atoms with Gasteiger partial charge in [-0.2, -0.15) is 0 Å². The van der Waals surface area contributed by atoms with Gasteiger partial charge in [0.05, 0.1) is 6.61 Å². The van der Waals surface area contributed by atoms with Crippen LogP contribution in [-0.2, 0) is 17.6 Å². The van der Waals surface area contributed by atoms with Crippen LogP contribution in [-0.4, -0.2) is 47.7 Å². The molecule has 1 aliphatic carbocycles. The van der Waals surface area contributed by atoms with E-state index in [4.69, 9.17) is 14.7 Å². The summed E-state index contributed by atoms with van der Waals surface area (Å²) in [5.74, 6) is 1.89. The van der Waals surface area contributed by atoms with Crippen molar-refractivity contribution in [3.8, 4) is 0 Å². The molecular weight excluding hydrogens is 252 g/mol. The van der Waals surface area contributed by atoms with Gasteiger partial charge in [-0.15, -0.1) is 0 Å². The first kappa shape index (κ1) is 13.8. The van der Waals surface area contributed by atoms with Crippen molar-refractivity contribution in [3.05, 3.63) is 17.1 Å². The van der Waals surface area contributed by atoms with Gasteiger partial charge in [0.1, 0.15) is 11.9 Å². The van der Waals surface area contributed by atoms with Crippen molar-refractivity contribution < 1.29 is 4.74 Å². The summed E-state index contributed by atoms with van der Waals surface area (Å²) < 4.78 is 5.89. The number of hydrogen-bond donors (Lipinski definition) is 1. The van der Waals surface area contributed by atoms with Crippen molar-refractivity contribution in [1.82, 2.24) is 14.9 Å². The van der Waals surface area contributed by atoms with E-state index < -0.39 is 0 Å². The number of aryl methyl sites for hydroxylation is 1. The SMILES string of the molecule is CCNc1nc(C2CN(CC)CCO2)nc2c1CCC2. The molecule has 1 aromatic heterocycles. The second kappa shape index (κ2) is 6.06. The van der Waals surface area contributed by atoms with Crippen molar-refractivity contribution in [2.45, 2.75) is 39.2 Å². The first-order chi connectivity index (χ1) is 9.81. The lowest BCUT2D eigenvalue weighted by Gasteiger charge is -2.31. The summed E-state index contributed by atoms with van der Waals surface area (Å²) in [5, 5.41) is 3.39. The zero-order valence-corrected chi connectivity index (χ0v) is 12.5. The fourth-order valence-electron chi connectivity index (χ4n) is 3.06. The number of nitrogens with zero attached hydrogens (tertiary/aromatic N) is 3. The molecular formula is C15H24N4O. The molecule has 20 heavy (non-hydrogen) atoms. The molecule has 2 aliphatic rings. The van der Waals surface area contributed by atoms with Gasteiger partial charge >= 0.3 is 0 Å². The molecule has 0 radical (unpaired) electrons. The van der Waals surface area contributed by atoms with E-state index >= 15 is 0 Å². The molecule has 1 unspecified atom stereocenters. The average molecular weight is 276 g/mol. The number of nitrogens with one attached hydrogen (secondary N) is 1. The van der Waals surface area contributed by atoms with Crippen molar-refractivity contribution in [3.63, 3.8) is 0 Å². The second-order valence-corrected chi connectivity index (χ2v) is 5.49. The Balaban J connectivity index is 1.87. The molecule has 3 rings (SSSR count). The molecule has 1 saturated heterocycles. The third kappa shape index (κ3) is 2.65. The summed E-state index contributed by atoms with van der Waals surface area (Å²) >= 11 is 0. The highest BCUT2D eigenvalue weighted by molar-refractivity contribution is 5.48. The molecule has 0 bridgehead atoms. The standard InChI is InChI=1S/C15H24N4O/c1-3-16-14-11-6-5-7-12(11)17-15(18-14)13-10-19(4-2)8-9-20-13/h13H,3-10H2,1-2H3,(H,16,17,18). The predicted octanol–water partition coefficient (Wildman–Crippen LogP) is 1.79. The van der Waals surface area contributed by atoms with Gasteiger partial charge in [0.25, 0.3) is 0 Å². The Morgan fingerprint density at radius 1 is 1.30 bits per heavy atom. The lowest BCUT2D eigenvalue weighted by molar-refractivity contribution is -0.0326. The van der Waals surface area contributed by atoms with Crippen molar-refractivity contribution in [2.75, 3.05) is 38.1 Å². The number of anilines is 1. The van der Waals surface area contributed by atoms with Crippen LogP contribution in [0.3, 0.4) is 0 Å². The molecule has 5 heteroatoms. The Morgan fingerprint density at radius 3 is 3.00 bits per heavy atom. The molecule has 1 aromatic rings. The summed E-state index contributed by atoms with van der Waals surface area (Å²) in [7, 11) is 0. The van der Waals surface area contributed by atoms with Crippen LogP contribution in [0.1, 0.15) is 43.5 Å². The van der Waals surface area contributed by atoms with Gasteiger partial charge < -0.3 is 10.1 Å². The number of hydrogen-bond acceptors (Lipinski definition) is 5. The lowest BCUT2D eigenvalue weighted by atomic mass is 10.2. The van der Waals surface area contributed by atoms with Gasteiger partial charge in [-0.25, -0.2) is 9.97 Å².